The molecule has 0 aromatic carbocycles. The van der Waals surface area contributed by atoms with Crippen LogP contribution in [0.25, 0.3) is 0 Å². The Hall–Kier alpha value is -0.160. The van der Waals surface area contributed by atoms with E-state index >= 15 is 0 Å². The number of rotatable bonds is 12. The lowest BCUT2D eigenvalue weighted by Gasteiger charge is -2.31. The van der Waals surface area contributed by atoms with Gasteiger partial charge in [-0.25, -0.2) is 0 Å². The topological polar surface area (TPSA) is 39.7 Å². The fourth-order valence-electron chi connectivity index (χ4n) is 1.85. The summed E-state index contributed by atoms with van der Waals surface area (Å²) in [6.07, 6.45) is 1.09. The van der Waals surface area contributed by atoms with E-state index in [-0.39, 0.29) is 0 Å². The average Bonchev–Trinajstić information content (AvgIpc) is 2.34. The van der Waals surface area contributed by atoms with Crippen LogP contribution in [0.3, 0.4) is 0 Å². The van der Waals surface area contributed by atoms with Gasteiger partial charge in [0.25, 0.3) is 0 Å². The fourth-order valence-corrected chi connectivity index (χ4v) is 1.85. The molecule has 0 aromatic heterocycles. The van der Waals surface area contributed by atoms with Crippen LogP contribution in [0, 0.1) is 11.3 Å². The first-order chi connectivity index (χ1) is 9.02. The first kappa shape index (κ1) is 18.8. The van der Waals surface area contributed by atoms with Crippen molar-refractivity contribution < 1.29 is 14.2 Å². The Morgan fingerprint density at radius 1 is 0.947 bits per heavy atom. The number of hydrogen-bond donors (Lipinski definition) is 1. The van der Waals surface area contributed by atoms with Crippen LogP contribution in [0.5, 0.6) is 0 Å². The second-order valence-corrected chi connectivity index (χ2v) is 5.88. The molecule has 4 heteroatoms. The maximum Gasteiger partial charge on any atom is 0.0701 e. The van der Waals surface area contributed by atoms with Crippen LogP contribution in [0.1, 0.15) is 34.1 Å². The lowest BCUT2D eigenvalue weighted by molar-refractivity contribution is 0.0182. The third kappa shape index (κ3) is 11.4. The Kier molecular flexibility index (Phi) is 11.6. The summed E-state index contributed by atoms with van der Waals surface area (Å²) < 4.78 is 15.9. The van der Waals surface area contributed by atoms with Gasteiger partial charge >= 0.3 is 0 Å². The van der Waals surface area contributed by atoms with Gasteiger partial charge in [0.15, 0.2) is 0 Å². The van der Waals surface area contributed by atoms with E-state index in [9.17, 15) is 0 Å². The van der Waals surface area contributed by atoms with Gasteiger partial charge in [-0.15, -0.1) is 0 Å². The first-order valence-corrected chi connectivity index (χ1v) is 7.37. The van der Waals surface area contributed by atoms with Crippen LogP contribution in [0.4, 0.5) is 0 Å². The van der Waals surface area contributed by atoms with Gasteiger partial charge < -0.3 is 19.5 Å². The van der Waals surface area contributed by atoms with Gasteiger partial charge in [0.1, 0.15) is 0 Å². The molecule has 0 fully saturated rings. The molecule has 1 atom stereocenters. The Morgan fingerprint density at radius 2 is 1.53 bits per heavy atom. The minimum Gasteiger partial charge on any atom is -0.382 e. The molecule has 4 nitrogen and oxygen atoms in total. The van der Waals surface area contributed by atoms with Crippen molar-refractivity contribution in [3.8, 4) is 0 Å². The van der Waals surface area contributed by atoms with Crippen molar-refractivity contribution in [1.82, 2.24) is 5.32 Å². The lowest BCUT2D eigenvalue weighted by atomic mass is 9.79. The highest BCUT2D eigenvalue weighted by molar-refractivity contribution is 4.75. The van der Waals surface area contributed by atoms with Crippen LogP contribution >= 0.6 is 0 Å². The molecule has 0 rings (SSSR count). The summed E-state index contributed by atoms with van der Waals surface area (Å²) in [6, 6.07) is 0. The molecule has 0 aliphatic heterocycles. The van der Waals surface area contributed by atoms with Gasteiger partial charge in [-0.3, -0.25) is 0 Å². The van der Waals surface area contributed by atoms with Crippen molar-refractivity contribution in [2.75, 3.05) is 53.2 Å². The van der Waals surface area contributed by atoms with E-state index in [0.29, 0.717) is 37.8 Å². The van der Waals surface area contributed by atoms with Crippen LogP contribution in [-0.2, 0) is 14.2 Å². The zero-order valence-electron chi connectivity index (χ0n) is 13.5. The Bertz CT molecular complexity index is 192. The van der Waals surface area contributed by atoms with E-state index < -0.39 is 0 Å². The normalized spacial score (nSPS) is 13.7. The minimum atomic E-state index is 0.320. The van der Waals surface area contributed by atoms with Crippen molar-refractivity contribution in [2.45, 2.75) is 34.1 Å². The van der Waals surface area contributed by atoms with Crippen LogP contribution in [0.15, 0.2) is 0 Å². The number of methoxy groups -OCH3 is 1. The quantitative estimate of drug-likeness (QED) is 0.555. The Labute approximate surface area is 119 Å². The van der Waals surface area contributed by atoms with E-state index in [0.717, 1.165) is 26.1 Å². The van der Waals surface area contributed by atoms with E-state index in [1.165, 1.54) is 0 Å². The molecule has 0 saturated carbocycles. The van der Waals surface area contributed by atoms with Crippen LogP contribution in [-0.4, -0.2) is 53.2 Å². The van der Waals surface area contributed by atoms with Crippen molar-refractivity contribution in [1.29, 1.82) is 0 Å². The van der Waals surface area contributed by atoms with Crippen molar-refractivity contribution >= 4 is 0 Å². The molecule has 19 heavy (non-hydrogen) atoms. The van der Waals surface area contributed by atoms with Gasteiger partial charge in [-0.05, 0) is 30.8 Å². The highest BCUT2D eigenvalue weighted by Gasteiger charge is 2.23. The molecule has 0 heterocycles. The molecule has 0 aromatic rings. The van der Waals surface area contributed by atoms with Crippen molar-refractivity contribution in [3.63, 3.8) is 0 Å². The second kappa shape index (κ2) is 11.6. The van der Waals surface area contributed by atoms with Gasteiger partial charge in [0.05, 0.1) is 26.4 Å². The maximum atomic E-state index is 5.63. The van der Waals surface area contributed by atoms with Crippen molar-refractivity contribution in [2.24, 2.45) is 11.3 Å². The molecular weight excluding hydrogens is 242 g/mol. The molecule has 0 spiro atoms. The summed E-state index contributed by atoms with van der Waals surface area (Å²) in [5.74, 6) is 0.641. The van der Waals surface area contributed by atoms with E-state index in [2.05, 4.69) is 33.0 Å². The van der Waals surface area contributed by atoms with Gasteiger partial charge in [0, 0.05) is 13.7 Å². The highest BCUT2D eigenvalue weighted by Crippen LogP contribution is 2.28. The predicted octanol–water partition coefficient (Wildman–Crippen LogP) is 2.33. The maximum absolute atomic E-state index is 5.63. The molecule has 0 bridgehead atoms. The number of ether oxygens (including phenoxy) is 3. The molecule has 0 aliphatic carbocycles. The van der Waals surface area contributed by atoms with Gasteiger partial charge in [0.2, 0.25) is 0 Å². The van der Waals surface area contributed by atoms with Crippen LogP contribution in [0.2, 0.25) is 0 Å². The minimum absolute atomic E-state index is 0.320. The van der Waals surface area contributed by atoms with E-state index in [1.54, 1.807) is 7.11 Å². The third-order valence-corrected chi connectivity index (χ3v) is 3.28. The summed E-state index contributed by atoms with van der Waals surface area (Å²) in [5, 5.41) is 3.44. The summed E-state index contributed by atoms with van der Waals surface area (Å²) in [5.41, 5.74) is 0.320. The molecule has 116 valence electrons. The lowest BCUT2D eigenvalue weighted by Crippen LogP contribution is -2.32. The van der Waals surface area contributed by atoms with E-state index in [1.807, 2.05) is 0 Å². The molecule has 1 N–H and O–H groups in total. The Balaban J connectivity index is 3.58. The third-order valence-electron chi connectivity index (χ3n) is 3.28. The summed E-state index contributed by atoms with van der Waals surface area (Å²) in [6.45, 7) is 14.5. The smallest absolute Gasteiger partial charge is 0.0701 e. The summed E-state index contributed by atoms with van der Waals surface area (Å²) in [7, 11) is 1.68. The molecule has 0 radical (unpaired) electrons. The highest BCUT2D eigenvalue weighted by atomic mass is 16.5. The van der Waals surface area contributed by atoms with Gasteiger partial charge in [-0.1, -0.05) is 27.7 Å². The molecule has 0 aliphatic rings. The predicted molar refractivity (Wildman–Crippen MR) is 79.6 cm³/mol. The molecule has 0 amide bonds. The zero-order chi connectivity index (χ0) is 14.6. The standard InChI is InChI=1S/C15H33NO3/c1-6-16-13-14(15(2,3)4)7-8-18-11-12-19-10-9-17-5/h14,16H,6-13H2,1-5H3. The Morgan fingerprint density at radius 3 is 2.05 bits per heavy atom. The number of hydrogen-bond acceptors (Lipinski definition) is 4. The fraction of sp³-hybridized carbons (Fsp3) is 1.00. The first-order valence-electron chi connectivity index (χ1n) is 7.37. The van der Waals surface area contributed by atoms with Gasteiger partial charge in [-0.2, -0.15) is 0 Å². The zero-order valence-corrected chi connectivity index (χ0v) is 13.5. The largest absolute Gasteiger partial charge is 0.382 e. The SMILES string of the molecule is CCNCC(CCOCCOCCOC)C(C)(C)C. The summed E-state index contributed by atoms with van der Waals surface area (Å²) in [4.78, 5) is 0. The molecule has 0 saturated heterocycles. The summed E-state index contributed by atoms with van der Waals surface area (Å²) >= 11 is 0. The second-order valence-electron chi connectivity index (χ2n) is 5.88. The van der Waals surface area contributed by atoms with Crippen molar-refractivity contribution in [3.05, 3.63) is 0 Å². The van der Waals surface area contributed by atoms with Crippen LogP contribution < -0.4 is 5.32 Å². The average molecular weight is 275 g/mol. The number of nitrogens with one attached hydrogen (secondary N) is 1. The molecule has 1 unspecified atom stereocenters. The van der Waals surface area contributed by atoms with E-state index in [4.69, 9.17) is 14.2 Å². The molecular formula is C15H33NO3. The monoisotopic (exact) mass is 275 g/mol.